The number of aryl methyl sites for hydroxylation is 2. The fourth-order valence-electron chi connectivity index (χ4n) is 4.06. The molecule has 1 aliphatic heterocycles. The van der Waals surface area contributed by atoms with Crippen LogP contribution in [-0.4, -0.2) is 28.6 Å². The molecule has 0 radical (unpaired) electrons. The summed E-state index contributed by atoms with van der Waals surface area (Å²) in [7, 11) is 0. The number of ether oxygens (including phenoxy) is 1. The lowest BCUT2D eigenvalue weighted by molar-refractivity contribution is -0.122. The van der Waals surface area contributed by atoms with Crippen molar-refractivity contribution in [3.05, 3.63) is 89.8 Å². The van der Waals surface area contributed by atoms with E-state index < -0.39 is 5.92 Å². The number of carbonyl (C=O) groups is 2. The van der Waals surface area contributed by atoms with Crippen LogP contribution in [0, 0.1) is 19.8 Å². The Morgan fingerprint density at radius 1 is 1.03 bits per heavy atom. The van der Waals surface area contributed by atoms with Crippen molar-refractivity contribution in [3.8, 4) is 17.2 Å². The van der Waals surface area contributed by atoms with E-state index in [2.05, 4.69) is 15.5 Å². The van der Waals surface area contributed by atoms with Gasteiger partial charge in [0.1, 0.15) is 5.75 Å². The molecule has 8 nitrogen and oxygen atoms in total. The third kappa shape index (κ3) is 5.12. The molecular formula is C28H26N4O4. The quantitative estimate of drug-likeness (QED) is 0.401. The SMILES string of the molecule is Cc1ccc(N2C[C@@H](C(=O)Nc3ccc(OCc4nnc(-c5ccccc5)o4)cc3)CC2=O)cc1C. The highest BCUT2D eigenvalue weighted by Gasteiger charge is 2.35. The molecule has 0 spiro atoms. The van der Waals surface area contributed by atoms with Crippen LogP contribution in [0.1, 0.15) is 23.4 Å². The molecule has 1 N–H and O–H groups in total. The zero-order valence-electron chi connectivity index (χ0n) is 20.1. The van der Waals surface area contributed by atoms with Gasteiger partial charge in [0.2, 0.25) is 17.7 Å². The van der Waals surface area contributed by atoms with Gasteiger partial charge in [-0.25, -0.2) is 0 Å². The van der Waals surface area contributed by atoms with Gasteiger partial charge in [0.15, 0.2) is 6.61 Å². The molecule has 0 bridgehead atoms. The molecule has 0 saturated carbocycles. The van der Waals surface area contributed by atoms with Crippen molar-refractivity contribution in [1.82, 2.24) is 10.2 Å². The van der Waals surface area contributed by atoms with Crippen molar-refractivity contribution >= 4 is 23.2 Å². The lowest BCUT2D eigenvalue weighted by atomic mass is 10.1. The monoisotopic (exact) mass is 482 g/mol. The van der Waals surface area contributed by atoms with Crippen molar-refractivity contribution in [2.45, 2.75) is 26.9 Å². The van der Waals surface area contributed by atoms with Crippen LogP contribution in [0.5, 0.6) is 5.75 Å². The van der Waals surface area contributed by atoms with Crippen molar-refractivity contribution in [3.63, 3.8) is 0 Å². The molecule has 5 rings (SSSR count). The maximum Gasteiger partial charge on any atom is 0.254 e. The molecule has 36 heavy (non-hydrogen) atoms. The molecule has 8 heteroatoms. The van der Waals surface area contributed by atoms with Crippen molar-refractivity contribution in [2.75, 3.05) is 16.8 Å². The van der Waals surface area contributed by atoms with E-state index in [9.17, 15) is 9.59 Å². The van der Waals surface area contributed by atoms with Gasteiger partial charge in [-0.2, -0.15) is 0 Å². The molecule has 1 saturated heterocycles. The summed E-state index contributed by atoms with van der Waals surface area (Å²) in [5, 5.41) is 11.0. The van der Waals surface area contributed by atoms with Crippen LogP contribution in [0.3, 0.4) is 0 Å². The first-order valence-corrected chi connectivity index (χ1v) is 11.8. The second-order valence-electron chi connectivity index (χ2n) is 8.84. The predicted molar refractivity (Wildman–Crippen MR) is 136 cm³/mol. The molecule has 1 fully saturated rings. The van der Waals surface area contributed by atoms with Crippen molar-refractivity contribution < 1.29 is 18.7 Å². The maximum absolute atomic E-state index is 12.8. The summed E-state index contributed by atoms with van der Waals surface area (Å²) in [5.74, 6) is 0.774. The van der Waals surface area contributed by atoms with Crippen LogP contribution in [0.15, 0.2) is 77.2 Å². The summed E-state index contributed by atoms with van der Waals surface area (Å²) >= 11 is 0. The average molecular weight is 483 g/mol. The molecular weight excluding hydrogens is 456 g/mol. The first kappa shape index (κ1) is 23.3. The van der Waals surface area contributed by atoms with E-state index in [0.29, 0.717) is 29.8 Å². The third-order valence-corrected chi connectivity index (χ3v) is 6.27. The maximum atomic E-state index is 12.8. The fraction of sp³-hybridized carbons (Fsp3) is 0.214. The molecule has 1 aromatic heterocycles. The highest BCUT2D eigenvalue weighted by atomic mass is 16.5. The summed E-state index contributed by atoms with van der Waals surface area (Å²) in [6.07, 6.45) is 0.190. The second-order valence-corrected chi connectivity index (χ2v) is 8.84. The Morgan fingerprint density at radius 3 is 2.56 bits per heavy atom. The Hall–Kier alpha value is -4.46. The van der Waals surface area contributed by atoms with E-state index in [-0.39, 0.29) is 24.8 Å². The molecule has 2 amide bonds. The first-order chi connectivity index (χ1) is 17.5. The van der Waals surface area contributed by atoms with Gasteiger partial charge in [-0.1, -0.05) is 24.3 Å². The Balaban J connectivity index is 1.15. The van der Waals surface area contributed by atoms with Crippen LogP contribution in [0.25, 0.3) is 11.5 Å². The summed E-state index contributed by atoms with van der Waals surface area (Å²) in [6, 6.07) is 22.5. The average Bonchev–Trinajstić information content (AvgIpc) is 3.53. The lowest BCUT2D eigenvalue weighted by Crippen LogP contribution is -2.28. The van der Waals surface area contributed by atoms with Crippen molar-refractivity contribution in [1.29, 1.82) is 0 Å². The summed E-state index contributed by atoms with van der Waals surface area (Å²) < 4.78 is 11.4. The molecule has 182 valence electrons. The topological polar surface area (TPSA) is 97.6 Å². The Labute approximate surface area is 208 Å². The molecule has 3 aromatic carbocycles. The van der Waals surface area contributed by atoms with Crippen LogP contribution in [0.2, 0.25) is 0 Å². The first-order valence-electron chi connectivity index (χ1n) is 11.8. The molecule has 2 heterocycles. The van der Waals surface area contributed by atoms with Crippen LogP contribution >= 0.6 is 0 Å². The number of carbonyl (C=O) groups excluding carboxylic acids is 2. The molecule has 4 aromatic rings. The normalized spacial score (nSPS) is 15.2. The van der Waals surface area contributed by atoms with E-state index >= 15 is 0 Å². The van der Waals surface area contributed by atoms with Crippen molar-refractivity contribution in [2.24, 2.45) is 5.92 Å². The number of nitrogens with zero attached hydrogens (tertiary/aromatic N) is 3. The smallest absolute Gasteiger partial charge is 0.254 e. The second kappa shape index (κ2) is 10.0. The van der Waals surface area contributed by atoms with E-state index in [1.807, 2.05) is 62.4 Å². The van der Waals surface area contributed by atoms with Crippen LogP contribution in [-0.2, 0) is 16.2 Å². The molecule has 1 aliphatic rings. The zero-order valence-corrected chi connectivity index (χ0v) is 20.1. The Bertz CT molecular complexity index is 1380. The Morgan fingerprint density at radius 2 is 1.81 bits per heavy atom. The number of rotatable bonds is 7. The van der Waals surface area contributed by atoms with Gasteiger partial charge in [0, 0.05) is 29.9 Å². The number of nitrogens with one attached hydrogen (secondary N) is 1. The van der Waals surface area contributed by atoms with E-state index in [4.69, 9.17) is 9.15 Å². The number of hydrogen-bond donors (Lipinski definition) is 1. The number of amides is 2. The van der Waals surface area contributed by atoms with E-state index in [1.165, 1.54) is 5.56 Å². The number of aromatic nitrogens is 2. The largest absolute Gasteiger partial charge is 0.484 e. The number of hydrogen-bond acceptors (Lipinski definition) is 6. The van der Waals surface area contributed by atoms with Gasteiger partial charge >= 0.3 is 0 Å². The highest BCUT2D eigenvalue weighted by Crippen LogP contribution is 2.28. The minimum Gasteiger partial charge on any atom is -0.484 e. The predicted octanol–water partition coefficient (Wildman–Crippen LogP) is 4.92. The summed E-state index contributed by atoms with van der Waals surface area (Å²) in [4.78, 5) is 27.1. The Kier molecular flexibility index (Phi) is 6.49. The fourth-order valence-corrected chi connectivity index (χ4v) is 4.06. The van der Waals surface area contributed by atoms with Crippen LogP contribution < -0.4 is 15.0 Å². The zero-order chi connectivity index (χ0) is 25.1. The number of anilines is 2. The van der Waals surface area contributed by atoms with Gasteiger partial charge in [0.25, 0.3) is 5.89 Å². The lowest BCUT2D eigenvalue weighted by Gasteiger charge is -2.18. The van der Waals surface area contributed by atoms with Gasteiger partial charge in [0.05, 0.1) is 5.92 Å². The minimum atomic E-state index is -0.411. The van der Waals surface area contributed by atoms with Gasteiger partial charge < -0.3 is 19.4 Å². The van der Waals surface area contributed by atoms with Crippen LogP contribution in [0.4, 0.5) is 11.4 Å². The summed E-state index contributed by atoms with van der Waals surface area (Å²) in [5.41, 5.74) is 4.59. The minimum absolute atomic E-state index is 0.0430. The summed E-state index contributed by atoms with van der Waals surface area (Å²) in [6.45, 7) is 4.54. The highest BCUT2D eigenvalue weighted by molar-refractivity contribution is 6.03. The van der Waals surface area contributed by atoms with Gasteiger partial charge in [-0.05, 0) is 73.5 Å². The molecule has 0 unspecified atom stereocenters. The number of benzene rings is 3. The van der Waals surface area contributed by atoms with E-state index in [1.54, 1.807) is 29.2 Å². The van der Waals surface area contributed by atoms with Gasteiger partial charge in [-0.15, -0.1) is 10.2 Å². The molecule has 1 atom stereocenters. The van der Waals surface area contributed by atoms with E-state index in [0.717, 1.165) is 16.8 Å². The standard InChI is InChI=1S/C28H26N4O4/c1-18-8-11-23(14-19(18)2)32-16-21(15-26(32)33)27(34)29-22-9-12-24(13-10-22)35-17-25-30-31-28(36-25)20-6-4-3-5-7-20/h3-14,21H,15-17H2,1-2H3,(H,29,34)/t21-/m0/s1. The molecule has 0 aliphatic carbocycles. The third-order valence-electron chi connectivity index (χ3n) is 6.27. The van der Waals surface area contributed by atoms with Gasteiger partial charge in [-0.3, -0.25) is 9.59 Å².